The molecule has 0 amide bonds. The van der Waals surface area contributed by atoms with Crippen molar-refractivity contribution < 1.29 is 28.6 Å². The summed E-state index contributed by atoms with van der Waals surface area (Å²) in [6.45, 7) is 27.0. The molecule has 78 heavy (non-hydrogen) atoms. The van der Waals surface area contributed by atoms with Crippen LogP contribution in [-0.4, -0.2) is 19.5 Å². The molecule has 397 valence electrons. The molecule has 0 fully saturated rings. The molecule has 5 nitrogen and oxygen atoms in total. The number of hydrogen-bond donors (Lipinski definition) is 0. The summed E-state index contributed by atoms with van der Waals surface area (Å²) >= 11 is 0. The van der Waals surface area contributed by atoms with E-state index in [1.165, 1.54) is 39.1 Å². The fraction of sp³-hybridized carbons (Fsp3) is 0.264. The van der Waals surface area contributed by atoms with Gasteiger partial charge in [0.2, 0.25) is 0 Å². The Bertz CT molecular complexity index is 3980. The van der Waals surface area contributed by atoms with Gasteiger partial charge in [-0.1, -0.05) is 204 Å². The van der Waals surface area contributed by atoms with Crippen molar-refractivity contribution in [2.45, 2.75) is 125 Å². The molecule has 0 aliphatic carbocycles. The van der Waals surface area contributed by atoms with Crippen LogP contribution in [0.5, 0.6) is 0 Å². The molecule has 11 rings (SSSR count). The van der Waals surface area contributed by atoms with E-state index in [0.717, 1.165) is 78.0 Å². The van der Waals surface area contributed by atoms with Gasteiger partial charge in [-0.2, -0.15) is 0 Å². The van der Waals surface area contributed by atoms with Gasteiger partial charge in [-0.15, -0.1) is 47.5 Å². The average molecular weight is 1200 g/mol. The van der Waals surface area contributed by atoms with Gasteiger partial charge in [-0.3, -0.25) is 9.97 Å². The first-order chi connectivity index (χ1) is 37.8. The molecule has 7 aromatic carbocycles. The van der Waals surface area contributed by atoms with Crippen LogP contribution in [0.1, 0.15) is 139 Å². The van der Waals surface area contributed by atoms with E-state index in [1.807, 2.05) is 60.9 Å². The van der Waals surface area contributed by atoms with Gasteiger partial charge in [0.25, 0.3) is 0 Å². The number of rotatable bonds is 8. The van der Waals surface area contributed by atoms with E-state index in [9.17, 15) is 0 Å². The van der Waals surface area contributed by atoms with Gasteiger partial charge >= 0.3 is 0 Å². The minimum atomic E-state index is -2.19. The number of nitrogens with zero attached hydrogens (tertiary/aromatic N) is 4. The molecule has 0 unspecified atom stereocenters. The molecule has 1 radical (unpaired) electrons. The molecule has 0 bridgehead atoms. The quantitative estimate of drug-likeness (QED) is 0.142. The van der Waals surface area contributed by atoms with E-state index < -0.39 is 6.85 Å². The molecule has 6 heteroatoms. The third-order valence-electron chi connectivity index (χ3n) is 14.7. The molecule has 4 aromatic heterocycles. The second-order valence-corrected chi connectivity index (χ2v) is 24.2. The molecule has 0 aliphatic rings. The first kappa shape index (κ1) is 51.5. The summed E-state index contributed by atoms with van der Waals surface area (Å²) < 4.78 is 32.8. The fourth-order valence-corrected chi connectivity index (χ4v) is 10.1. The van der Waals surface area contributed by atoms with Crippen LogP contribution in [0, 0.1) is 19.0 Å². The van der Waals surface area contributed by atoms with Crippen molar-refractivity contribution >= 4 is 33.0 Å². The van der Waals surface area contributed by atoms with E-state index in [4.69, 9.17) is 18.5 Å². The summed E-state index contributed by atoms with van der Waals surface area (Å²) in [5.74, 6) is 1.35. The van der Waals surface area contributed by atoms with E-state index in [-0.39, 0.29) is 48.2 Å². The van der Waals surface area contributed by atoms with Gasteiger partial charge in [0.05, 0.1) is 28.1 Å². The topological polar surface area (TPSA) is 56.7 Å². The molecule has 0 saturated heterocycles. The summed E-state index contributed by atoms with van der Waals surface area (Å²) in [5, 5.41) is 1.98. The number of fused-ring (bicyclic) bond motifs is 4. The van der Waals surface area contributed by atoms with Crippen LogP contribution in [0.4, 0.5) is 0 Å². The first-order valence-corrected chi connectivity index (χ1v) is 27.0. The Balaban J connectivity index is 0.000000246. The normalized spacial score (nSPS) is 12.8. The van der Waals surface area contributed by atoms with Gasteiger partial charge in [-0.05, 0) is 115 Å². The monoisotopic (exact) mass is 1200 g/mol. The second-order valence-electron chi connectivity index (χ2n) is 24.2. The van der Waals surface area contributed by atoms with Crippen LogP contribution in [0.25, 0.3) is 94.8 Å². The molecular weight excluding hydrogens is 1130 g/mol. The standard InChI is InChI=1S/C50H50N3O.C22H22N.Ir/c1-30(2)39-25-33(32-17-12-11-13-18-32)26-40(31(3)4)46(39)53-44-22-15-14-21-42(44)52-48(53)38-20-16-19-37-41-29-51-43(28-45(41)54-47(37)38)34-23-35(49(5,6)7)27-36(24-34)50(8,9)10;1-16-10-11-18(14-20(16)17-8-6-5-7-9-17)21-13-12-19(15-23-21)22(2,3)4;/h11-19,21-31H,1-10H3;5-10,12-15H,1-4H3;/q2*-1;/i;1D3;. The fourth-order valence-electron chi connectivity index (χ4n) is 10.1. The summed E-state index contributed by atoms with van der Waals surface area (Å²) in [7, 11) is 0. The number of aromatic nitrogens is 4. The number of pyridine rings is 2. The molecule has 4 heterocycles. The Morgan fingerprint density at radius 1 is 0.551 bits per heavy atom. The van der Waals surface area contributed by atoms with E-state index >= 15 is 0 Å². The van der Waals surface area contributed by atoms with Gasteiger partial charge in [0, 0.05) is 59.3 Å². The number of hydrogen-bond acceptors (Lipinski definition) is 4. The third kappa shape index (κ3) is 11.2. The zero-order chi connectivity index (χ0) is 57.1. The SMILES string of the molecule is CC(C)c1cc(-c2ccccc2)cc(C(C)C)c1-n1c(-c2[c-]ccc3c2oc2cc(-c4cc(C(C)(C)C)cc(C(C)(C)C)c4)ncc23)nc2ccccc21.[2H]C([2H])([2H])c1c[c-]c(-c2ccc(C(C)(C)C)cn2)cc1-c1ccccc1.[Ir]. The van der Waals surface area contributed by atoms with Gasteiger partial charge in [0.15, 0.2) is 0 Å². The maximum absolute atomic E-state index is 7.83. The number of imidazole rings is 1. The summed E-state index contributed by atoms with van der Waals surface area (Å²) in [4.78, 5) is 15.0. The predicted octanol–water partition coefficient (Wildman–Crippen LogP) is 19.8. The molecule has 11 aromatic rings. The van der Waals surface area contributed by atoms with Crippen molar-refractivity contribution in [1.29, 1.82) is 0 Å². The smallest absolute Gasteiger partial charge is 0.124 e. The minimum Gasteiger partial charge on any atom is -0.500 e. The van der Waals surface area contributed by atoms with Crippen molar-refractivity contribution in [3.05, 3.63) is 216 Å². The molecular formula is C72H72IrN4O-2. The summed E-state index contributed by atoms with van der Waals surface area (Å²) in [6, 6.07) is 60.8. The van der Waals surface area contributed by atoms with Gasteiger partial charge in [0.1, 0.15) is 5.58 Å². The van der Waals surface area contributed by atoms with Crippen LogP contribution < -0.4 is 0 Å². The van der Waals surface area contributed by atoms with Crippen molar-refractivity contribution in [1.82, 2.24) is 19.5 Å². The second kappa shape index (κ2) is 21.9. The number of benzene rings is 7. The third-order valence-corrected chi connectivity index (χ3v) is 14.7. The molecule has 0 saturated carbocycles. The Kier molecular flexibility index (Phi) is 14.5. The summed E-state index contributed by atoms with van der Waals surface area (Å²) in [5.41, 5.74) is 19.8. The van der Waals surface area contributed by atoms with Crippen LogP contribution in [0.3, 0.4) is 0 Å². The van der Waals surface area contributed by atoms with E-state index in [1.54, 1.807) is 6.07 Å². The van der Waals surface area contributed by atoms with Crippen molar-refractivity contribution in [2.75, 3.05) is 0 Å². The Morgan fingerprint density at radius 3 is 1.74 bits per heavy atom. The minimum absolute atomic E-state index is 0. The Labute approximate surface area is 480 Å². The maximum Gasteiger partial charge on any atom is 0.124 e. The number of para-hydroxylation sites is 2. The van der Waals surface area contributed by atoms with Crippen molar-refractivity contribution in [3.8, 4) is 61.8 Å². The first-order valence-electron chi connectivity index (χ1n) is 28.5. The predicted molar refractivity (Wildman–Crippen MR) is 324 cm³/mol. The van der Waals surface area contributed by atoms with E-state index in [2.05, 4.69) is 215 Å². The van der Waals surface area contributed by atoms with Crippen LogP contribution in [-0.2, 0) is 36.4 Å². The Morgan fingerprint density at radius 2 is 1.15 bits per heavy atom. The van der Waals surface area contributed by atoms with Crippen LogP contribution in [0.15, 0.2) is 175 Å². The Hall–Kier alpha value is -7.24. The number of aryl methyl sites for hydroxylation is 1. The van der Waals surface area contributed by atoms with Crippen LogP contribution in [0.2, 0.25) is 0 Å². The molecule has 0 N–H and O–H groups in total. The zero-order valence-electron chi connectivity index (χ0n) is 50.4. The van der Waals surface area contributed by atoms with Crippen LogP contribution >= 0.6 is 0 Å². The molecule has 0 spiro atoms. The van der Waals surface area contributed by atoms with Gasteiger partial charge in [-0.25, -0.2) is 0 Å². The number of furan rings is 1. The molecule has 0 aliphatic heterocycles. The van der Waals surface area contributed by atoms with Crippen molar-refractivity contribution in [2.24, 2.45) is 0 Å². The van der Waals surface area contributed by atoms with Crippen molar-refractivity contribution in [3.63, 3.8) is 0 Å². The zero-order valence-corrected chi connectivity index (χ0v) is 49.7. The average Bonchev–Trinajstić information content (AvgIpc) is 4.04. The summed E-state index contributed by atoms with van der Waals surface area (Å²) in [6.07, 6.45) is 3.85. The molecule has 0 atom stereocenters. The van der Waals surface area contributed by atoms with E-state index in [0.29, 0.717) is 11.1 Å². The van der Waals surface area contributed by atoms with Gasteiger partial charge < -0.3 is 14.0 Å². The largest absolute Gasteiger partial charge is 0.500 e. The maximum atomic E-state index is 7.83.